The first kappa shape index (κ1) is 15.2. The van der Waals surface area contributed by atoms with Gasteiger partial charge in [0.1, 0.15) is 5.69 Å². The molecule has 0 spiro atoms. The zero-order valence-electron chi connectivity index (χ0n) is 13.0. The molecule has 1 amide bonds. The van der Waals surface area contributed by atoms with E-state index in [-0.39, 0.29) is 11.5 Å². The highest BCUT2D eigenvalue weighted by Crippen LogP contribution is 2.26. The second-order valence-corrected chi connectivity index (χ2v) is 6.97. The summed E-state index contributed by atoms with van der Waals surface area (Å²) in [6.07, 6.45) is 6.43. The fraction of sp³-hybridized carbons (Fsp3) is 0.562. The lowest BCUT2D eigenvalue weighted by Gasteiger charge is -2.20. The average molecular weight is 319 g/mol. The van der Waals surface area contributed by atoms with Crippen LogP contribution in [0.15, 0.2) is 10.2 Å². The summed E-state index contributed by atoms with van der Waals surface area (Å²) in [6.45, 7) is 3.64. The van der Waals surface area contributed by atoms with Crippen molar-refractivity contribution in [1.29, 1.82) is 0 Å². The molecule has 2 aromatic rings. The van der Waals surface area contributed by atoms with Gasteiger partial charge in [0, 0.05) is 17.5 Å². The molecule has 1 aliphatic rings. The maximum atomic E-state index is 12.6. The molecule has 2 aromatic heterocycles. The number of fused-ring (bicyclic) bond motifs is 1. The Kier molecular flexibility index (Phi) is 4.29. The molecule has 1 aliphatic carbocycles. The smallest absolute Gasteiger partial charge is 0.282 e. The number of aromatic nitrogens is 2. The summed E-state index contributed by atoms with van der Waals surface area (Å²) >= 11 is 1.44. The predicted molar refractivity (Wildman–Crippen MR) is 88.6 cm³/mol. The van der Waals surface area contributed by atoms with Crippen molar-refractivity contribution in [2.45, 2.75) is 52.4 Å². The zero-order valence-corrected chi connectivity index (χ0v) is 13.8. The van der Waals surface area contributed by atoms with Gasteiger partial charge in [-0.2, -0.15) is 0 Å². The number of hydrogen-bond donors (Lipinski definition) is 1. The Morgan fingerprint density at radius 3 is 2.82 bits per heavy atom. The molecular weight excluding hydrogens is 298 g/mol. The van der Waals surface area contributed by atoms with Gasteiger partial charge < -0.3 is 5.32 Å². The molecule has 1 N–H and O–H groups in total. The van der Waals surface area contributed by atoms with Crippen LogP contribution in [0.4, 0.5) is 5.69 Å². The summed E-state index contributed by atoms with van der Waals surface area (Å²) in [4.78, 5) is 29.9. The molecule has 6 heteroatoms. The molecule has 0 radical (unpaired) electrons. The van der Waals surface area contributed by atoms with Gasteiger partial charge in [0.05, 0.1) is 5.69 Å². The molecule has 1 fully saturated rings. The van der Waals surface area contributed by atoms with Gasteiger partial charge in [-0.25, -0.2) is 4.98 Å². The van der Waals surface area contributed by atoms with E-state index in [9.17, 15) is 9.59 Å². The maximum absolute atomic E-state index is 12.6. The highest BCUT2D eigenvalue weighted by Gasteiger charge is 2.19. The Labute approximate surface area is 133 Å². The van der Waals surface area contributed by atoms with Crippen LogP contribution in [-0.4, -0.2) is 15.3 Å². The van der Waals surface area contributed by atoms with Crippen LogP contribution in [0.1, 0.15) is 49.9 Å². The molecule has 3 rings (SSSR count). The number of thiazole rings is 1. The van der Waals surface area contributed by atoms with Crippen molar-refractivity contribution in [2.24, 2.45) is 5.92 Å². The van der Waals surface area contributed by atoms with Crippen LogP contribution in [0.2, 0.25) is 0 Å². The molecule has 0 unspecified atom stereocenters. The van der Waals surface area contributed by atoms with E-state index in [1.54, 1.807) is 11.3 Å². The van der Waals surface area contributed by atoms with Gasteiger partial charge in [0.15, 0.2) is 4.96 Å². The number of rotatable bonds is 3. The van der Waals surface area contributed by atoms with E-state index in [1.807, 2.05) is 12.3 Å². The number of carbonyl (C=O) groups excluding carboxylic acids is 1. The van der Waals surface area contributed by atoms with E-state index >= 15 is 0 Å². The summed E-state index contributed by atoms with van der Waals surface area (Å²) < 4.78 is 1.56. The van der Waals surface area contributed by atoms with Crippen molar-refractivity contribution < 1.29 is 4.79 Å². The van der Waals surface area contributed by atoms with Gasteiger partial charge in [0.2, 0.25) is 5.91 Å². The fourth-order valence-electron chi connectivity index (χ4n) is 3.17. The van der Waals surface area contributed by atoms with Crippen LogP contribution in [-0.2, 0) is 4.79 Å². The van der Waals surface area contributed by atoms with Crippen molar-refractivity contribution in [1.82, 2.24) is 9.38 Å². The number of hydrogen-bond acceptors (Lipinski definition) is 4. The quantitative estimate of drug-likeness (QED) is 0.944. The second kappa shape index (κ2) is 6.20. The van der Waals surface area contributed by atoms with Crippen LogP contribution in [0, 0.1) is 19.8 Å². The van der Waals surface area contributed by atoms with Crippen LogP contribution in [0.25, 0.3) is 4.96 Å². The first-order valence-corrected chi connectivity index (χ1v) is 8.71. The Morgan fingerprint density at radius 2 is 2.09 bits per heavy atom. The number of nitrogens with one attached hydrogen (secondary N) is 1. The normalized spacial score (nSPS) is 16.1. The number of anilines is 1. The van der Waals surface area contributed by atoms with E-state index in [2.05, 4.69) is 10.3 Å². The average Bonchev–Trinajstić information content (AvgIpc) is 2.85. The summed E-state index contributed by atoms with van der Waals surface area (Å²) in [5.74, 6) is 0.387. The van der Waals surface area contributed by atoms with Gasteiger partial charge >= 0.3 is 0 Å². The largest absolute Gasteiger partial charge is 0.320 e. The SMILES string of the molecule is Cc1nc2scc(C)n2c(=O)c1NC(=O)CC1CCCCC1. The van der Waals surface area contributed by atoms with E-state index in [4.69, 9.17) is 0 Å². The molecule has 0 atom stereocenters. The highest BCUT2D eigenvalue weighted by molar-refractivity contribution is 7.15. The number of nitrogens with zero attached hydrogens (tertiary/aromatic N) is 2. The monoisotopic (exact) mass is 319 g/mol. The molecule has 22 heavy (non-hydrogen) atoms. The predicted octanol–water partition coefficient (Wildman–Crippen LogP) is 3.28. The topological polar surface area (TPSA) is 63.5 Å². The minimum atomic E-state index is -0.182. The lowest BCUT2D eigenvalue weighted by atomic mass is 9.87. The summed E-state index contributed by atoms with van der Waals surface area (Å²) in [7, 11) is 0. The first-order chi connectivity index (χ1) is 10.6. The summed E-state index contributed by atoms with van der Waals surface area (Å²) in [6, 6.07) is 0. The Balaban J connectivity index is 1.82. The van der Waals surface area contributed by atoms with E-state index in [0.717, 1.165) is 18.5 Å². The molecule has 0 aromatic carbocycles. The van der Waals surface area contributed by atoms with Gasteiger partial charge in [0.25, 0.3) is 5.56 Å². The van der Waals surface area contributed by atoms with Crippen molar-refractivity contribution in [3.05, 3.63) is 27.1 Å². The van der Waals surface area contributed by atoms with Crippen LogP contribution >= 0.6 is 11.3 Å². The molecular formula is C16H21N3O2S. The zero-order chi connectivity index (χ0) is 15.7. The number of carbonyl (C=O) groups is 1. The summed E-state index contributed by atoms with van der Waals surface area (Å²) in [5, 5.41) is 4.70. The van der Waals surface area contributed by atoms with Gasteiger partial charge in [-0.3, -0.25) is 14.0 Å². The van der Waals surface area contributed by atoms with E-state index in [1.165, 1.54) is 30.6 Å². The molecule has 1 saturated carbocycles. The third-order valence-corrected chi connectivity index (χ3v) is 5.33. The number of amides is 1. The molecule has 0 aliphatic heterocycles. The second-order valence-electron chi connectivity index (χ2n) is 6.13. The van der Waals surface area contributed by atoms with Crippen molar-refractivity contribution in [2.75, 3.05) is 5.32 Å². The first-order valence-electron chi connectivity index (χ1n) is 7.83. The third-order valence-electron chi connectivity index (χ3n) is 4.38. The van der Waals surface area contributed by atoms with E-state index in [0.29, 0.717) is 28.7 Å². The lowest BCUT2D eigenvalue weighted by Crippen LogP contribution is -2.26. The Morgan fingerprint density at radius 1 is 1.36 bits per heavy atom. The molecule has 5 nitrogen and oxygen atoms in total. The molecule has 2 heterocycles. The lowest BCUT2D eigenvalue weighted by molar-refractivity contribution is -0.117. The number of aryl methyl sites for hydroxylation is 2. The Hall–Kier alpha value is -1.69. The van der Waals surface area contributed by atoms with Crippen molar-refractivity contribution >= 4 is 27.9 Å². The van der Waals surface area contributed by atoms with Gasteiger partial charge in [-0.05, 0) is 32.6 Å². The van der Waals surface area contributed by atoms with Crippen LogP contribution < -0.4 is 10.9 Å². The van der Waals surface area contributed by atoms with Crippen molar-refractivity contribution in [3.8, 4) is 0 Å². The minimum Gasteiger partial charge on any atom is -0.320 e. The molecule has 0 saturated heterocycles. The van der Waals surface area contributed by atoms with Crippen LogP contribution in [0.5, 0.6) is 0 Å². The van der Waals surface area contributed by atoms with Crippen molar-refractivity contribution in [3.63, 3.8) is 0 Å². The maximum Gasteiger partial charge on any atom is 0.282 e. The fourth-order valence-corrected chi connectivity index (χ4v) is 4.07. The Bertz CT molecular complexity index is 757. The molecule has 0 bridgehead atoms. The van der Waals surface area contributed by atoms with Crippen LogP contribution in [0.3, 0.4) is 0 Å². The minimum absolute atomic E-state index is 0.0678. The summed E-state index contributed by atoms with van der Waals surface area (Å²) in [5.41, 5.74) is 1.57. The van der Waals surface area contributed by atoms with E-state index < -0.39 is 0 Å². The molecule has 118 valence electrons. The van der Waals surface area contributed by atoms with Gasteiger partial charge in [-0.1, -0.05) is 19.3 Å². The standard InChI is InChI=1S/C16H21N3O2S/c1-10-9-22-16-17-11(2)14(15(21)19(10)16)18-13(20)8-12-6-4-3-5-7-12/h9,12H,3-8H2,1-2H3,(H,18,20). The van der Waals surface area contributed by atoms with Gasteiger partial charge in [-0.15, -0.1) is 11.3 Å². The highest BCUT2D eigenvalue weighted by atomic mass is 32.1. The third kappa shape index (κ3) is 2.92.